The maximum Gasteiger partial charge on any atom is 0.00982 e. The van der Waals surface area contributed by atoms with Crippen molar-refractivity contribution in [3.05, 3.63) is 0 Å². The van der Waals surface area contributed by atoms with Crippen molar-refractivity contribution in [1.29, 1.82) is 0 Å². The van der Waals surface area contributed by atoms with Crippen LogP contribution in [-0.4, -0.2) is 30.1 Å². The first-order chi connectivity index (χ1) is 6.81. The fourth-order valence-electron chi connectivity index (χ4n) is 3.15. The van der Waals surface area contributed by atoms with Crippen molar-refractivity contribution in [2.45, 2.75) is 57.5 Å². The van der Waals surface area contributed by atoms with E-state index < -0.39 is 0 Å². The third-order valence-electron chi connectivity index (χ3n) is 4.15. The van der Waals surface area contributed by atoms with Gasteiger partial charge in [0, 0.05) is 18.6 Å². The van der Waals surface area contributed by atoms with Gasteiger partial charge in [0.1, 0.15) is 0 Å². The highest BCUT2D eigenvalue weighted by molar-refractivity contribution is 4.86. The van der Waals surface area contributed by atoms with Gasteiger partial charge < -0.3 is 5.73 Å². The maximum absolute atomic E-state index is 5.78. The zero-order valence-electron chi connectivity index (χ0n) is 9.41. The van der Waals surface area contributed by atoms with Crippen LogP contribution in [0.2, 0.25) is 0 Å². The fourth-order valence-corrected chi connectivity index (χ4v) is 3.15. The lowest BCUT2D eigenvalue weighted by Crippen LogP contribution is -2.48. The van der Waals surface area contributed by atoms with Gasteiger partial charge >= 0.3 is 0 Å². The minimum atomic E-state index is 0.770. The Bertz CT molecular complexity index is 175. The summed E-state index contributed by atoms with van der Waals surface area (Å²) < 4.78 is 0. The van der Waals surface area contributed by atoms with E-state index in [1.54, 1.807) is 0 Å². The molecule has 2 nitrogen and oxygen atoms in total. The molecule has 2 fully saturated rings. The third-order valence-corrected chi connectivity index (χ3v) is 4.15. The Hall–Kier alpha value is -0.0800. The minimum Gasteiger partial charge on any atom is -0.330 e. The average Bonchev–Trinajstić information content (AvgIpc) is 2.71. The number of nitrogens with two attached hydrogens (primary N) is 1. The van der Waals surface area contributed by atoms with E-state index in [0.29, 0.717) is 0 Å². The van der Waals surface area contributed by atoms with Gasteiger partial charge in [0.15, 0.2) is 0 Å². The molecule has 2 unspecified atom stereocenters. The molecule has 82 valence electrons. The van der Waals surface area contributed by atoms with Crippen LogP contribution in [0.5, 0.6) is 0 Å². The third kappa shape index (κ3) is 2.12. The van der Waals surface area contributed by atoms with Crippen molar-refractivity contribution >= 4 is 0 Å². The van der Waals surface area contributed by atoms with Crippen molar-refractivity contribution in [2.24, 2.45) is 11.7 Å². The normalized spacial score (nSPS) is 36.4. The van der Waals surface area contributed by atoms with E-state index in [1.165, 1.54) is 45.1 Å². The van der Waals surface area contributed by atoms with Crippen LogP contribution in [0.15, 0.2) is 0 Å². The summed E-state index contributed by atoms with van der Waals surface area (Å²) in [4.78, 5) is 2.74. The van der Waals surface area contributed by atoms with E-state index in [1.807, 2.05) is 0 Å². The lowest BCUT2D eigenvalue weighted by atomic mass is 9.92. The highest BCUT2D eigenvalue weighted by Crippen LogP contribution is 2.30. The van der Waals surface area contributed by atoms with E-state index in [-0.39, 0.29) is 0 Å². The lowest BCUT2D eigenvalue weighted by Gasteiger charge is -2.41. The molecule has 2 aliphatic rings. The first-order valence-corrected chi connectivity index (χ1v) is 6.27. The first kappa shape index (κ1) is 10.4. The molecule has 2 N–H and O–H groups in total. The summed E-state index contributed by atoms with van der Waals surface area (Å²) in [6.45, 7) is 4.54. The summed E-state index contributed by atoms with van der Waals surface area (Å²) >= 11 is 0. The Kier molecular flexibility index (Phi) is 3.45. The van der Waals surface area contributed by atoms with E-state index in [2.05, 4.69) is 11.8 Å². The zero-order valence-corrected chi connectivity index (χ0v) is 9.41. The number of nitrogens with zero attached hydrogens (tertiary/aromatic N) is 1. The Balaban J connectivity index is 1.93. The van der Waals surface area contributed by atoms with Crippen LogP contribution in [0, 0.1) is 5.92 Å². The molecule has 1 heterocycles. The van der Waals surface area contributed by atoms with Crippen molar-refractivity contribution < 1.29 is 0 Å². The molecule has 0 amide bonds. The molecule has 1 saturated heterocycles. The SMILES string of the molecule is CC1CCC(CN)CN1C1CCCC1. The predicted molar refractivity (Wildman–Crippen MR) is 60.2 cm³/mol. The highest BCUT2D eigenvalue weighted by atomic mass is 15.2. The van der Waals surface area contributed by atoms with E-state index in [9.17, 15) is 0 Å². The highest BCUT2D eigenvalue weighted by Gasteiger charge is 2.31. The van der Waals surface area contributed by atoms with Gasteiger partial charge in [0.2, 0.25) is 0 Å². The van der Waals surface area contributed by atoms with Gasteiger partial charge in [0.25, 0.3) is 0 Å². The molecule has 0 spiro atoms. The number of rotatable bonds is 2. The molecular weight excluding hydrogens is 172 g/mol. The average molecular weight is 196 g/mol. The molecular formula is C12H24N2. The summed E-state index contributed by atoms with van der Waals surface area (Å²) in [6.07, 6.45) is 8.46. The Labute approximate surface area is 87.8 Å². The van der Waals surface area contributed by atoms with Gasteiger partial charge in [-0.25, -0.2) is 0 Å². The Morgan fingerprint density at radius 2 is 1.86 bits per heavy atom. The van der Waals surface area contributed by atoms with E-state index in [4.69, 9.17) is 5.73 Å². The molecule has 0 aromatic heterocycles. The largest absolute Gasteiger partial charge is 0.330 e. The molecule has 2 atom stereocenters. The van der Waals surface area contributed by atoms with Crippen LogP contribution in [-0.2, 0) is 0 Å². The van der Waals surface area contributed by atoms with Gasteiger partial charge in [-0.05, 0) is 45.1 Å². The van der Waals surface area contributed by atoms with Crippen LogP contribution in [0.4, 0.5) is 0 Å². The number of hydrogen-bond acceptors (Lipinski definition) is 2. The summed E-state index contributed by atoms with van der Waals surface area (Å²) in [5.74, 6) is 0.770. The van der Waals surface area contributed by atoms with Crippen LogP contribution < -0.4 is 5.73 Å². The second kappa shape index (κ2) is 4.63. The lowest BCUT2D eigenvalue weighted by molar-refractivity contribution is 0.0764. The van der Waals surface area contributed by atoms with Crippen molar-refractivity contribution in [3.8, 4) is 0 Å². The second-order valence-corrected chi connectivity index (χ2v) is 5.16. The minimum absolute atomic E-state index is 0.770. The first-order valence-electron chi connectivity index (χ1n) is 6.27. The standard InChI is InChI=1S/C12H24N2/c1-10-6-7-11(8-13)9-14(10)12-4-2-3-5-12/h10-12H,2-9,13H2,1H3. The summed E-state index contributed by atoms with van der Waals surface area (Å²) in [7, 11) is 0. The summed E-state index contributed by atoms with van der Waals surface area (Å²) in [5, 5.41) is 0. The van der Waals surface area contributed by atoms with Crippen LogP contribution in [0.25, 0.3) is 0 Å². The van der Waals surface area contributed by atoms with Gasteiger partial charge in [-0.1, -0.05) is 12.8 Å². The van der Waals surface area contributed by atoms with Crippen molar-refractivity contribution in [2.75, 3.05) is 13.1 Å². The van der Waals surface area contributed by atoms with Crippen LogP contribution in [0.3, 0.4) is 0 Å². The summed E-state index contributed by atoms with van der Waals surface area (Å²) in [5.41, 5.74) is 5.78. The van der Waals surface area contributed by atoms with Gasteiger partial charge in [-0.15, -0.1) is 0 Å². The van der Waals surface area contributed by atoms with Crippen molar-refractivity contribution in [3.63, 3.8) is 0 Å². The van der Waals surface area contributed by atoms with E-state index in [0.717, 1.165) is 24.5 Å². The molecule has 1 saturated carbocycles. The molecule has 0 aromatic carbocycles. The fraction of sp³-hybridized carbons (Fsp3) is 1.00. The molecule has 1 aliphatic heterocycles. The maximum atomic E-state index is 5.78. The molecule has 0 aromatic rings. The van der Waals surface area contributed by atoms with Crippen LogP contribution >= 0.6 is 0 Å². The molecule has 2 heteroatoms. The number of hydrogen-bond donors (Lipinski definition) is 1. The predicted octanol–water partition coefficient (Wildman–Crippen LogP) is 1.99. The summed E-state index contributed by atoms with van der Waals surface area (Å²) in [6, 6.07) is 1.69. The Morgan fingerprint density at radius 1 is 1.14 bits per heavy atom. The second-order valence-electron chi connectivity index (χ2n) is 5.16. The monoisotopic (exact) mass is 196 g/mol. The van der Waals surface area contributed by atoms with Gasteiger partial charge in [-0.3, -0.25) is 4.90 Å². The zero-order chi connectivity index (χ0) is 9.97. The van der Waals surface area contributed by atoms with Crippen molar-refractivity contribution in [1.82, 2.24) is 4.90 Å². The molecule has 2 rings (SSSR count). The van der Waals surface area contributed by atoms with Gasteiger partial charge in [0.05, 0.1) is 0 Å². The molecule has 1 aliphatic carbocycles. The smallest absolute Gasteiger partial charge is 0.00982 e. The van der Waals surface area contributed by atoms with Crippen LogP contribution in [0.1, 0.15) is 45.4 Å². The molecule has 0 bridgehead atoms. The van der Waals surface area contributed by atoms with Gasteiger partial charge in [-0.2, -0.15) is 0 Å². The number of piperidine rings is 1. The van der Waals surface area contributed by atoms with E-state index >= 15 is 0 Å². The molecule has 0 radical (unpaired) electrons. The topological polar surface area (TPSA) is 29.3 Å². The Morgan fingerprint density at radius 3 is 2.50 bits per heavy atom. The number of likely N-dealkylation sites (tertiary alicyclic amines) is 1. The molecule has 14 heavy (non-hydrogen) atoms. The quantitative estimate of drug-likeness (QED) is 0.732.